The van der Waals surface area contributed by atoms with E-state index in [2.05, 4.69) is 36.1 Å². The molecule has 4 aromatic rings. The van der Waals surface area contributed by atoms with Gasteiger partial charge in [-0.1, -0.05) is 35.4 Å². The van der Waals surface area contributed by atoms with Crippen LogP contribution in [0.5, 0.6) is 0 Å². The molecule has 2 aromatic carbocycles. The molecule has 0 fully saturated rings. The zero-order valence-corrected chi connectivity index (χ0v) is 13.8. The van der Waals surface area contributed by atoms with Gasteiger partial charge in [-0.15, -0.1) is 0 Å². The number of aromatic nitrogens is 6. The summed E-state index contributed by atoms with van der Waals surface area (Å²) in [7, 11) is 0. The molecule has 130 valence electrons. The van der Waals surface area contributed by atoms with Gasteiger partial charge in [-0.25, -0.2) is 4.98 Å². The standard InChI is InChI=1S/C17H16N8O/c26-15-13-8-4-5-9-14(13)20-16(21-15)18-10-11-19-17-22-23-24-25(17)12-6-2-1-3-7-12/h1-9H,10-11H2,(H,19,22,24)(H2,18,20,21,26). The summed E-state index contributed by atoms with van der Waals surface area (Å²) in [6.07, 6.45) is 0. The lowest BCUT2D eigenvalue weighted by Gasteiger charge is -2.08. The monoisotopic (exact) mass is 348 g/mol. The molecule has 2 aromatic heterocycles. The maximum atomic E-state index is 12.0. The van der Waals surface area contributed by atoms with E-state index < -0.39 is 0 Å². The second-order valence-corrected chi connectivity index (χ2v) is 5.54. The molecule has 0 aliphatic rings. The summed E-state index contributed by atoms with van der Waals surface area (Å²) in [5, 5.41) is 18.5. The fraction of sp³-hybridized carbons (Fsp3) is 0.118. The molecular formula is C17H16N8O. The zero-order valence-electron chi connectivity index (χ0n) is 13.8. The Kier molecular flexibility index (Phi) is 4.25. The molecule has 26 heavy (non-hydrogen) atoms. The molecular weight excluding hydrogens is 332 g/mol. The van der Waals surface area contributed by atoms with Gasteiger partial charge in [0.05, 0.1) is 16.6 Å². The van der Waals surface area contributed by atoms with E-state index >= 15 is 0 Å². The molecule has 9 nitrogen and oxygen atoms in total. The van der Waals surface area contributed by atoms with Gasteiger partial charge in [-0.2, -0.15) is 4.68 Å². The zero-order chi connectivity index (χ0) is 17.8. The summed E-state index contributed by atoms with van der Waals surface area (Å²) < 4.78 is 1.62. The van der Waals surface area contributed by atoms with E-state index in [0.29, 0.717) is 35.9 Å². The average Bonchev–Trinajstić information content (AvgIpc) is 3.15. The van der Waals surface area contributed by atoms with E-state index in [1.54, 1.807) is 10.7 Å². The number of nitrogens with zero attached hydrogens (tertiary/aromatic N) is 5. The molecule has 0 bridgehead atoms. The molecule has 0 unspecified atom stereocenters. The van der Waals surface area contributed by atoms with Crippen molar-refractivity contribution in [3.05, 3.63) is 65.0 Å². The molecule has 0 spiro atoms. The van der Waals surface area contributed by atoms with E-state index in [9.17, 15) is 4.79 Å². The fourth-order valence-electron chi connectivity index (χ4n) is 2.57. The van der Waals surface area contributed by atoms with Gasteiger partial charge >= 0.3 is 0 Å². The van der Waals surface area contributed by atoms with Gasteiger partial charge in [0.1, 0.15) is 0 Å². The summed E-state index contributed by atoms with van der Waals surface area (Å²) in [5.41, 5.74) is 1.35. The van der Waals surface area contributed by atoms with Crippen LogP contribution in [0.15, 0.2) is 59.4 Å². The van der Waals surface area contributed by atoms with Gasteiger partial charge in [0, 0.05) is 13.1 Å². The Bertz CT molecular complexity index is 1070. The van der Waals surface area contributed by atoms with Crippen molar-refractivity contribution in [1.82, 2.24) is 30.2 Å². The first kappa shape index (κ1) is 15.8. The van der Waals surface area contributed by atoms with Gasteiger partial charge in [0.15, 0.2) is 0 Å². The molecule has 9 heteroatoms. The number of hydrogen-bond acceptors (Lipinski definition) is 7. The number of hydrogen-bond donors (Lipinski definition) is 3. The molecule has 0 saturated carbocycles. The molecule has 2 heterocycles. The SMILES string of the molecule is O=c1[nH]c(NCCNc2nnnn2-c2ccccc2)nc2ccccc12. The van der Waals surface area contributed by atoms with Crippen LogP contribution in [0.4, 0.5) is 11.9 Å². The van der Waals surface area contributed by atoms with Crippen molar-refractivity contribution in [1.29, 1.82) is 0 Å². The van der Waals surface area contributed by atoms with Gasteiger partial charge in [0.2, 0.25) is 11.9 Å². The van der Waals surface area contributed by atoms with Crippen LogP contribution in [0.3, 0.4) is 0 Å². The van der Waals surface area contributed by atoms with E-state index in [4.69, 9.17) is 0 Å². The van der Waals surface area contributed by atoms with Crippen LogP contribution >= 0.6 is 0 Å². The molecule has 4 rings (SSSR count). The van der Waals surface area contributed by atoms with Gasteiger partial charge < -0.3 is 10.6 Å². The number of nitrogens with one attached hydrogen (secondary N) is 3. The first-order valence-corrected chi connectivity index (χ1v) is 8.12. The Morgan fingerprint density at radius 2 is 1.73 bits per heavy atom. The predicted molar refractivity (Wildman–Crippen MR) is 98.5 cm³/mol. The number of tetrazole rings is 1. The number of fused-ring (bicyclic) bond motifs is 1. The minimum atomic E-state index is -0.168. The van der Waals surface area contributed by atoms with Crippen molar-refractivity contribution in [3.8, 4) is 5.69 Å². The number of aromatic amines is 1. The number of anilines is 2. The van der Waals surface area contributed by atoms with Crippen LogP contribution in [0.1, 0.15) is 0 Å². The van der Waals surface area contributed by atoms with Crippen LogP contribution in [-0.4, -0.2) is 43.3 Å². The van der Waals surface area contributed by atoms with Crippen molar-refractivity contribution in [2.24, 2.45) is 0 Å². The van der Waals surface area contributed by atoms with E-state index in [1.165, 1.54) is 0 Å². The summed E-state index contributed by atoms with van der Waals surface area (Å²) >= 11 is 0. The Morgan fingerprint density at radius 1 is 0.962 bits per heavy atom. The highest BCUT2D eigenvalue weighted by Gasteiger charge is 2.07. The third-order valence-corrected chi connectivity index (χ3v) is 3.78. The minimum absolute atomic E-state index is 0.168. The Balaban J connectivity index is 1.39. The summed E-state index contributed by atoms with van der Waals surface area (Å²) in [6, 6.07) is 16.8. The molecule has 0 radical (unpaired) electrons. The van der Waals surface area contributed by atoms with Crippen molar-refractivity contribution < 1.29 is 0 Å². The van der Waals surface area contributed by atoms with Crippen LogP contribution in [0.2, 0.25) is 0 Å². The molecule has 0 amide bonds. The van der Waals surface area contributed by atoms with Crippen molar-refractivity contribution >= 4 is 22.8 Å². The maximum Gasteiger partial charge on any atom is 0.260 e. The van der Waals surface area contributed by atoms with E-state index in [1.807, 2.05) is 48.5 Å². The molecule has 0 saturated heterocycles. The minimum Gasteiger partial charge on any atom is -0.354 e. The quantitative estimate of drug-likeness (QED) is 0.452. The second kappa shape index (κ2) is 7.01. The van der Waals surface area contributed by atoms with Gasteiger partial charge in [0.25, 0.3) is 5.56 Å². The smallest absolute Gasteiger partial charge is 0.260 e. The van der Waals surface area contributed by atoms with Crippen LogP contribution in [0, 0.1) is 0 Å². The molecule has 0 atom stereocenters. The largest absolute Gasteiger partial charge is 0.354 e. The number of para-hydroxylation sites is 2. The third kappa shape index (κ3) is 3.22. The predicted octanol–water partition coefficient (Wildman–Crippen LogP) is 1.42. The van der Waals surface area contributed by atoms with Crippen molar-refractivity contribution in [3.63, 3.8) is 0 Å². The lowest BCUT2D eigenvalue weighted by atomic mass is 10.2. The van der Waals surface area contributed by atoms with Crippen LogP contribution in [0.25, 0.3) is 16.6 Å². The van der Waals surface area contributed by atoms with Crippen molar-refractivity contribution in [2.45, 2.75) is 0 Å². The average molecular weight is 348 g/mol. The van der Waals surface area contributed by atoms with Crippen LogP contribution < -0.4 is 16.2 Å². The van der Waals surface area contributed by atoms with Crippen molar-refractivity contribution in [2.75, 3.05) is 23.7 Å². The molecule has 3 N–H and O–H groups in total. The fourth-order valence-corrected chi connectivity index (χ4v) is 2.57. The van der Waals surface area contributed by atoms with Crippen LogP contribution in [-0.2, 0) is 0 Å². The Hall–Kier alpha value is -3.75. The lowest BCUT2D eigenvalue weighted by molar-refractivity contribution is 0.789. The third-order valence-electron chi connectivity index (χ3n) is 3.78. The van der Waals surface area contributed by atoms with Gasteiger partial charge in [-0.3, -0.25) is 9.78 Å². The highest BCUT2D eigenvalue weighted by atomic mass is 16.1. The Labute approximate surface area is 148 Å². The number of H-pyrrole nitrogens is 1. The van der Waals surface area contributed by atoms with E-state index in [0.717, 1.165) is 5.69 Å². The normalized spacial score (nSPS) is 10.8. The van der Waals surface area contributed by atoms with Gasteiger partial charge in [-0.05, 0) is 34.7 Å². The topological polar surface area (TPSA) is 113 Å². The summed E-state index contributed by atoms with van der Waals surface area (Å²) in [6.45, 7) is 1.08. The first-order valence-electron chi connectivity index (χ1n) is 8.12. The first-order chi connectivity index (χ1) is 12.8. The number of benzene rings is 2. The highest BCUT2D eigenvalue weighted by molar-refractivity contribution is 5.78. The maximum absolute atomic E-state index is 12.0. The van der Waals surface area contributed by atoms with E-state index in [-0.39, 0.29) is 5.56 Å². The second-order valence-electron chi connectivity index (χ2n) is 5.54. The molecule has 0 aliphatic heterocycles. The highest BCUT2D eigenvalue weighted by Crippen LogP contribution is 2.10. The summed E-state index contributed by atoms with van der Waals surface area (Å²) in [4.78, 5) is 19.2. The Morgan fingerprint density at radius 3 is 2.62 bits per heavy atom. The molecule has 0 aliphatic carbocycles. The lowest BCUT2D eigenvalue weighted by Crippen LogP contribution is -2.19. The number of rotatable bonds is 6. The summed E-state index contributed by atoms with van der Waals surface area (Å²) in [5.74, 6) is 0.969.